The molecule has 0 bridgehead atoms. The molecule has 0 saturated carbocycles. The van der Waals surface area contributed by atoms with Crippen LogP contribution in [0.3, 0.4) is 0 Å². The van der Waals surface area contributed by atoms with Gasteiger partial charge in [0.25, 0.3) is 0 Å². The van der Waals surface area contributed by atoms with Gasteiger partial charge in [0, 0.05) is 0 Å². The summed E-state index contributed by atoms with van der Waals surface area (Å²) in [4.78, 5) is 0. The van der Waals surface area contributed by atoms with Crippen LogP contribution in [0.15, 0.2) is 6.07 Å². The maximum absolute atomic E-state index is 3.57. The Kier molecular flexibility index (Phi) is 5.91. The SMILES string of the molecule is CC(C)Cc1[c]c(CC(C)C)cc(CC(C)C)[c]1. The van der Waals surface area contributed by atoms with Crippen LogP contribution in [0.1, 0.15) is 58.2 Å². The van der Waals surface area contributed by atoms with Crippen molar-refractivity contribution in [1.82, 2.24) is 0 Å². The molecule has 0 spiro atoms. The van der Waals surface area contributed by atoms with Gasteiger partial charge in [0.2, 0.25) is 0 Å². The third kappa shape index (κ3) is 5.71. The molecule has 1 aromatic carbocycles. The smallest absolute Gasteiger partial charge is 0.0107 e. The minimum atomic E-state index is 0.679. The molecule has 0 fully saturated rings. The van der Waals surface area contributed by atoms with Crippen molar-refractivity contribution in [3.05, 3.63) is 34.9 Å². The Balaban J connectivity index is 2.95. The lowest BCUT2D eigenvalue weighted by molar-refractivity contribution is 0.623. The minimum Gasteiger partial charge on any atom is -0.0625 e. The van der Waals surface area contributed by atoms with E-state index in [9.17, 15) is 0 Å². The average Bonchev–Trinajstić information content (AvgIpc) is 2.12. The molecule has 1 aromatic rings. The topological polar surface area (TPSA) is 0 Å². The van der Waals surface area contributed by atoms with Crippen LogP contribution in [-0.4, -0.2) is 0 Å². The quantitative estimate of drug-likeness (QED) is 0.669. The van der Waals surface area contributed by atoms with Crippen LogP contribution in [0.25, 0.3) is 0 Å². The lowest BCUT2D eigenvalue weighted by Gasteiger charge is -2.13. The minimum absolute atomic E-state index is 0.679. The Morgan fingerprint density at radius 3 is 1.44 bits per heavy atom. The van der Waals surface area contributed by atoms with E-state index in [2.05, 4.69) is 59.7 Å². The second-order valence-corrected chi connectivity index (χ2v) is 6.72. The van der Waals surface area contributed by atoms with Gasteiger partial charge in [-0.1, -0.05) is 47.6 Å². The first-order chi connectivity index (χ1) is 8.36. The van der Waals surface area contributed by atoms with E-state index >= 15 is 0 Å². The average molecular weight is 244 g/mol. The summed E-state index contributed by atoms with van der Waals surface area (Å²) in [5, 5.41) is 0. The fourth-order valence-corrected chi connectivity index (χ4v) is 2.31. The standard InChI is InChI=1S/C18H28/c1-13(2)7-16-10-17(8-14(3)4)12-18(11-16)9-15(5)6/h10,13-15H,7-9H2,1-6H3. The zero-order valence-corrected chi connectivity index (χ0v) is 12.9. The summed E-state index contributed by atoms with van der Waals surface area (Å²) in [7, 11) is 0. The first kappa shape index (κ1) is 15.3. The van der Waals surface area contributed by atoms with Gasteiger partial charge < -0.3 is 0 Å². The fourth-order valence-electron chi connectivity index (χ4n) is 2.31. The van der Waals surface area contributed by atoms with Crippen molar-refractivity contribution in [3.8, 4) is 0 Å². The highest BCUT2D eigenvalue weighted by Crippen LogP contribution is 2.18. The molecule has 1 rings (SSSR count). The number of benzene rings is 1. The van der Waals surface area contributed by atoms with Gasteiger partial charge in [0.15, 0.2) is 0 Å². The lowest BCUT2D eigenvalue weighted by Crippen LogP contribution is -2.03. The molecule has 100 valence electrons. The molecule has 0 heteroatoms. The van der Waals surface area contributed by atoms with Crippen molar-refractivity contribution in [1.29, 1.82) is 0 Å². The molecule has 0 nitrogen and oxygen atoms in total. The van der Waals surface area contributed by atoms with Crippen LogP contribution in [-0.2, 0) is 19.3 Å². The van der Waals surface area contributed by atoms with Crippen molar-refractivity contribution in [2.75, 3.05) is 0 Å². The second-order valence-electron chi connectivity index (χ2n) is 6.72. The van der Waals surface area contributed by atoms with E-state index in [0.717, 1.165) is 19.3 Å². The van der Waals surface area contributed by atoms with Gasteiger partial charge in [-0.3, -0.25) is 0 Å². The van der Waals surface area contributed by atoms with Crippen LogP contribution in [0.4, 0.5) is 0 Å². The van der Waals surface area contributed by atoms with Gasteiger partial charge in [0.05, 0.1) is 0 Å². The molecule has 0 aliphatic rings. The van der Waals surface area contributed by atoms with Crippen molar-refractivity contribution in [3.63, 3.8) is 0 Å². The van der Waals surface area contributed by atoms with E-state index < -0.39 is 0 Å². The summed E-state index contributed by atoms with van der Waals surface area (Å²) in [6.45, 7) is 13.6. The largest absolute Gasteiger partial charge is 0.0625 e. The fraction of sp³-hybridized carbons (Fsp3) is 0.667. The molecule has 0 aliphatic heterocycles. The monoisotopic (exact) mass is 244 g/mol. The van der Waals surface area contributed by atoms with E-state index in [1.165, 1.54) is 16.7 Å². The zero-order chi connectivity index (χ0) is 13.7. The third-order valence-corrected chi connectivity index (χ3v) is 2.84. The number of rotatable bonds is 6. The number of hydrogen-bond acceptors (Lipinski definition) is 0. The zero-order valence-electron chi connectivity index (χ0n) is 12.9. The molecule has 0 aromatic heterocycles. The predicted octanol–water partition coefficient (Wildman–Crippen LogP) is 4.88. The molecule has 0 heterocycles. The van der Waals surface area contributed by atoms with E-state index in [0.29, 0.717) is 17.8 Å². The third-order valence-electron chi connectivity index (χ3n) is 2.84. The van der Waals surface area contributed by atoms with Gasteiger partial charge in [-0.15, -0.1) is 0 Å². The second kappa shape index (κ2) is 6.97. The Hall–Kier alpha value is -0.780. The normalized spacial score (nSPS) is 11.8. The summed E-state index contributed by atoms with van der Waals surface area (Å²) < 4.78 is 0. The molecule has 0 amide bonds. The van der Waals surface area contributed by atoms with E-state index in [1.54, 1.807) is 0 Å². The first-order valence-corrected chi connectivity index (χ1v) is 7.33. The van der Waals surface area contributed by atoms with Crippen molar-refractivity contribution < 1.29 is 0 Å². The van der Waals surface area contributed by atoms with Crippen molar-refractivity contribution >= 4 is 0 Å². The Bertz CT molecular complexity index is 289. The maximum Gasteiger partial charge on any atom is -0.0107 e. The molecule has 18 heavy (non-hydrogen) atoms. The van der Waals surface area contributed by atoms with Gasteiger partial charge in [-0.05, 0) is 65.8 Å². The lowest BCUT2D eigenvalue weighted by atomic mass is 9.92. The molecular formula is C18H28. The highest BCUT2D eigenvalue weighted by atomic mass is 14.1. The molecule has 0 aliphatic carbocycles. The first-order valence-electron chi connectivity index (χ1n) is 7.33. The Morgan fingerprint density at radius 1 is 0.722 bits per heavy atom. The van der Waals surface area contributed by atoms with E-state index in [1.807, 2.05) is 0 Å². The summed E-state index contributed by atoms with van der Waals surface area (Å²) in [6.07, 6.45) is 3.35. The van der Waals surface area contributed by atoms with Crippen LogP contribution in [0.2, 0.25) is 0 Å². The number of hydrogen-bond donors (Lipinski definition) is 0. The molecule has 0 N–H and O–H groups in total. The Morgan fingerprint density at radius 2 is 1.11 bits per heavy atom. The highest BCUT2D eigenvalue weighted by molar-refractivity contribution is 5.28. The molecule has 0 atom stereocenters. The summed E-state index contributed by atoms with van der Waals surface area (Å²) in [5.41, 5.74) is 4.02. The van der Waals surface area contributed by atoms with Gasteiger partial charge >= 0.3 is 0 Å². The van der Waals surface area contributed by atoms with E-state index in [4.69, 9.17) is 0 Å². The van der Waals surface area contributed by atoms with Crippen LogP contribution in [0, 0.1) is 29.9 Å². The van der Waals surface area contributed by atoms with Crippen LogP contribution >= 0.6 is 0 Å². The molecular weight excluding hydrogens is 216 g/mol. The van der Waals surface area contributed by atoms with E-state index in [-0.39, 0.29) is 0 Å². The molecule has 0 saturated heterocycles. The highest BCUT2D eigenvalue weighted by Gasteiger charge is 2.07. The van der Waals surface area contributed by atoms with Gasteiger partial charge in [0.1, 0.15) is 0 Å². The van der Waals surface area contributed by atoms with Gasteiger partial charge in [-0.2, -0.15) is 0 Å². The molecule has 0 unspecified atom stereocenters. The maximum atomic E-state index is 3.57. The van der Waals surface area contributed by atoms with Gasteiger partial charge in [-0.25, -0.2) is 0 Å². The summed E-state index contributed by atoms with van der Waals surface area (Å²) in [6, 6.07) is 9.44. The van der Waals surface area contributed by atoms with Crippen molar-refractivity contribution in [2.45, 2.75) is 60.8 Å². The van der Waals surface area contributed by atoms with Crippen LogP contribution in [0.5, 0.6) is 0 Å². The predicted molar refractivity (Wildman–Crippen MR) is 79.7 cm³/mol. The van der Waals surface area contributed by atoms with Crippen molar-refractivity contribution in [2.24, 2.45) is 17.8 Å². The Labute approximate surface area is 114 Å². The van der Waals surface area contributed by atoms with Crippen LogP contribution < -0.4 is 0 Å². The summed E-state index contributed by atoms with van der Waals surface area (Å²) >= 11 is 0. The summed E-state index contributed by atoms with van der Waals surface area (Å²) in [5.74, 6) is 2.07. The molecule has 2 radical (unpaired) electrons.